The quantitative estimate of drug-likeness (QED) is 0.514. The average molecular weight is 453 g/mol. The van der Waals surface area contributed by atoms with E-state index in [2.05, 4.69) is 10.5 Å². The van der Waals surface area contributed by atoms with E-state index in [9.17, 15) is 9.18 Å². The fourth-order valence-electron chi connectivity index (χ4n) is 5.85. The molecular formula is C26H33FN4O2. The van der Waals surface area contributed by atoms with Gasteiger partial charge in [0.2, 0.25) is 5.91 Å². The summed E-state index contributed by atoms with van der Waals surface area (Å²) in [6.07, 6.45) is 11.0. The summed E-state index contributed by atoms with van der Waals surface area (Å²) in [7, 11) is 0. The smallest absolute Gasteiger partial charge is 0.243 e. The molecule has 2 aliphatic carbocycles. The van der Waals surface area contributed by atoms with Gasteiger partial charge < -0.3 is 14.4 Å². The van der Waals surface area contributed by atoms with Crippen molar-refractivity contribution in [2.75, 3.05) is 0 Å². The van der Waals surface area contributed by atoms with E-state index in [-0.39, 0.29) is 23.7 Å². The van der Waals surface area contributed by atoms with Crippen LogP contribution in [0.1, 0.15) is 81.7 Å². The van der Waals surface area contributed by atoms with E-state index in [1.807, 2.05) is 18.4 Å². The lowest BCUT2D eigenvalue weighted by Crippen LogP contribution is -2.43. The molecule has 1 amide bonds. The summed E-state index contributed by atoms with van der Waals surface area (Å²) in [4.78, 5) is 18.8. The number of rotatable bonds is 5. The van der Waals surface area contributed by atoms with Crippen molar-refractivity contribution in [3.8, 4) is 11.4 Å². The Kier molecular flexibility index (Phi) is 6.21. The van der Waals surface area contributed by atoms with Crippen LogP contribution < -0.4 is 5.32 Å². The number of aromatic nitrogens is 3. The number of fused-ring (bicyclic) bond motifs is 1. The Morgan fingerprint density at radius 1 is 1.09 bits per heavy atom. The van der Waals surface area contributed by atoms with E-state index in [1.54, 1.807) is 6.07 Å². The second kappa shape index (κ2) is 9.27. The molecule has 2 heterocycles. The van der Waals surface area contributed by atoms with Crippen molar-refractivity contribution in [2.45, 2.75) is 90.1 Å². The molecule has 7 heteroatoms. The Bertz CT molecular complexity index is 1120. The Labute approximate surface area is 193 Å². The summed E-state index contributed by atoms with van der Waals surface area (Å²) in [5.41, 5.74) is 2.84. The molecule has 2 saturated carbocycles. The minimum Gasteiger partial charge on any atom is -0.361 e. The molecule has 1 aromatic carbocycles. The Balaban J connectivity index is 1.66. The van der Waals surface area contributed by atoms with Crippen LogP contribution in [0.4, 0.5) is 4.39 Å². The lowest BCUT2D eigenvalue weighted by molar-refractivity contribution is -0.127. The largest absolute Gasteiger partial charge is 0.361 e. The van der Waals surface area contributed by atoms with Crippen LogP contribution >= 0.6 is 0 Å². The number of hydrogen-bond donors (Lipinski definition) is 1. The van der Waals surface area contributed by atoms with Gasteiger partial charge in [-0.3, -0.25) is 4.79 Å². The van der Waals surface area contributed by atoms with Crippen LogP contribution in [0.15, 0.2) is 22.7 Å². The minimum absolute atomic E-state index is 0.0328. The number of carbonyl (C=O) groups excluding carboxylic acids is 1. The zero-order valence-corrected chi connectivity index (χ0v) is 19.6. The van der Waals surface area contributed by atoms with Gasteiger partial charge in [-0.1, -0.05) is 43.7 Å². The molecule has 0 spiro atoms. The molecule has 2 aliphatic rings. The first-order chi connectivity index (χ1) is 16.0. The van der Waals surface area contributed by atoms with Gasteiger partial charge in [0.25, 0.3) is 0 Å². The second-order valence-electron chi connectivity index (χ2n) is 9.82. The van der Waals surface area contributed by atoms with E-state index in [4.69, 9.17) is 9.51 Å². The van der Waals surface area contributed by atoms with E-state index in [1.165, 1.54) is 25.0 Å². The third kappa shape index (κ3) is 4.30. The maximum Gasteiger partial charge on any atom is 0.243 e. The fraction of sp³-hybridized carbons (Fsp3) is 0.577. The molecule has 33 heavy (non-hydrogen) atoms. The number of amides is 1. The van der Waals surface area contributed by atoms with Gasteiger partial charge >= 0.3 is 0 Å². The molecular weight excluding hydrogens is 419 g/mol. The highest BCUT2D eigenvalue weighted by Gasteiger charge is 2.36. The molecule has 6 nitrogen and oxygen atoms in total. The van der Waals surface area contributed by atoms with Crippen molar-refractivity contribution in [1.29, 1.82) is 0 Å². The molecule has 3 aromatic rings. The summed E-state index contributed by atoms with van der Waals surface area (Å²) in [6, 6.07) is 4.40. The minimum atomic E-state index is -0.442. The molecule has 2 fully saturated rings. The number of hydrogen-bond acceptors (Lipinski definition) is 4. The SMILES string of the molecule is Cc1noc(C)c1-c1nc2ccc(F)cc2n1C(C(=O)NC1CCCCC1)C1CCCCC1. The number of nitrogens with zero attached hydrogens (tertiary/aromatic N) is 3. The zero-order valence-electron chi connectivity index (χ0n) is 19.6. The van der Waals surface area contributed by atoms with Crippen LogP contribution in [0.5, 0.6) is 0 Å². The predicted molar refractivity (Wildman–Crippen MR) is 125 cm³/mol. The summed E-state index contributed by atoms with van der Waals surface area (Å²) in [6.45, 7) is 3.74. The van der Waals surface area contributed by atoms with E-state index < -0.39 is 6.04 Å². The molecule has 0 saturated heterocycles. The van der Waals surface area contributed by atoms with Gasteiger partial charge in [-0.15, -0.1) is 0 Å². The van der Waals surface area contributed by atoms with Crippen molar-refractivity contribution < 1.29 is 13.7 Å². The van der Waals surface area contributed by atoms with E-state index in [0.29, 0.717) is 22.6 Å². The topological polar surface area (TPSA) is 73.0 Å². The summed E-state index contributed by atoms with van der Waals surface area (Å²) >= 11 is 0. The number of imidazole rings is 1. The predicted octanol–water partition coefficient (Wildman–Crippen LogP) is 6.02. The van der Waals surface area contributed by atoms with Crippen molar-refractivity contribution in [2.24, 2.45) is 5.92 Å². The third-order valence-electron chi connectivity index (χ3n) is 7.50. The van der Waals surface area contributed by atoms with E-state index in [0.717, 1.165) is 62.6 Å². The van der Waals surface area contributed by atoms with Crippen LogP contribution in [-0.2, 0) is 4.79 Å². The second-order valence-corrected chi connectivity index (χ2v) is 9.82. The summed E-state index contributed by atoms with van der Waals surface area (Å²) in [5.74, 6) is 1.18. The number of aryl methyl sites for hydroxylation is 2. The van der Waals surface area contributed by atoms with Crippen molar-refractivity contribution in [3.05, 3.63) is 35.5 Å². The highest BCUT2D eigenvalue weighted by Crippen LogP contribution is 2.40. The summed E-state index contributed by atoms with van der Waals surface area (Å²) < 4.78 is 21.9. The number of halogens is 1. The van der Waals surface area contributed by atoms with Gasteiger partial charge in [-0.05, 0) is 63.6 Å². The first kappa shape index (κ1) is 22.1. The highest BCUT2D eigenvalue weighted by atomic mass is 19.1. The van der Waals surface area contributed by atoms with Gasteiger partial charge in [0.05, 0.1) is 22.3 Å². The first-order valence-corrected chi connectivity index (χ1v) is 12.4. The van der Waals surface area contributed by atoms with Gasteiger partial charge in [0.15, 0.2) is 0 Å². The Morgan fingerprint density at radius 3 is 2.45 bits per heavy atom. The molecule has 5 rings (SSSR count). The molecule has 2 aromatic heterocycles. The molecule has 1 atom stereocenters. The van der Waals surface area contributed by atoms with Crippen LogP contribution in [-0.4, -0.2) is 26.7 Å². The maximum atomic E-state index is 14.4. The molecule has 0 radical (unpaired) electrons. The number of carbonyl (C=O) groups is 1. The molecule has 176 valence electrons. The molecule has 1 N–H and O–H groups in total. The Morgan fingerprint density at radius 2 is 1.79 bits per heavy atom. The Hall–Kier alpha value is -2.70. The lowest BCUT2D eigenvalue weighted by atomic mass is 9.82. The van der Waals surface area contributed by atoms with E-state index >= 15 is 0 Å². The van der Waals surface area contributed by atoms with Crippen LogP contribution in [0.25, 0.3) is 22.4 Å². The number of nitrogens with one attached hydrogen (secondary N) is 1. The standard InChI is InChI=1S/C26H33FN4O2/c1-16-23(17(2)33-30-16)25-29-21-14-13-19(27)15-22(21)31(25)24(18-9-5-3-6-10-18)26(32)28-20-11-7-4-8-12-20/h13-15,18,20,24H,3-12H2,1-2H3,(H,28,32). The highest BCUT2D eigenvalue weighted by molar-refractivity contribution is 5.88. The van der Waals surface area contributed by atoms with Crippen molar-refractivity contribution >= 4 is 16.9 Å². The normalized spacial score (nSPS) is 19.1. The monoisotopic (exact) mass is 452 g/mol. The zero-order chi connectivity index (χ0) is 22.9. The molecule has 0 bridgehead atoms. The first-order valence-electron chi connectivity index (χ1n) is 12.4. The maximum absolute atomic E-state index is 14.4. The number of benzene rings is 1. The fourth-order valence-corrected chi connectivity index (χ4v) is 5.85. The summed E-state index contributed by atoms with van der Waals surface area (Å²) in [5, 5.41) is 7.49. The lowest BCUT2D eigenvalue weighted by Gasteiger charge is -2.33. The van der Waals surface area contributed by atoms with Gasteiger partial charge in [0.1, 0.15) is 23.4 Å². The van der Waals surface area contributed by atoms with Crippen molar-refractivity contribution in [3.63, 3.8) is 0 Å². The van der Waals surface area contributed by atoms with Gasteiger partial charge in [-0.25, -0.2) is 9.37 Å². The van der Waals surface area contributed by atoms with Crippen molar-refractivity contribution in [1.82, 2.24) is 20.0 Å². The molecule has 1 unspecified atom stereocenters. The van der Waals surface area contributed by atoms with Crippen LogP contribution in [0.3, 0.4) is 0 Å². The van der Waals surface area contributed by atoms with Gasteiger partial charge in [0, 0.05) is 6.04 Å². The van der Waals surface area contributed by atoms with Gasteiger partial charge in [-0.2, -0.15) is 0 Å². The molecule has 0 aliphatic heterocycles. The average Bonchev–Trinajstić information content (AvgIpc) is 3.34. The van der Waals surface area contributed by atoms with Crippen LogP contribution in [0.2, 0.25) is 0 Å². The third-order valence-corrected chi connectivity index (χ3v) is 7.50. The van der Waals surface area contributed by atoms with Crippen LogP contribution in [0, 0.1) is 25.6 Å².